The number of nitrogens with two attached hydrogens (primary N) is 1. The molecular weight excluding hydrogens is 460 g/mol. The Hall–Kier alpha value is -5.19. The molecule has 11 heteroatoms. The van der Waals surface area contributed by atoms with Gasteiger partial charge in [-0.2, -0.15) is 4.98 Å². The van der Waals surface area contributed by atoms with Crippen LogP contribution in [-0.4, -0.2) is 42.8 Å². The monoisotopic (exact) mass is 480 g/mol. The number of rotatable bonds is 4. The first kappa shape index (κ1) is 21.4. The summed E-state index contributed by atoms with van der Waals surface area (Å²) in [6, 6.07) is 16.0. The van der Waals surface area contributed by atoms with Crippen LogP contribution in [0.25, 0.3) is 39.7 Å². The van der Waals surface area contributed by atoms with Crippen molar-refractivity contribution in [2.45, 2.75) is 12.5 Å². The van der Waals surface area contributed by atoms with Crippen molar-refractivity contribution in [3.8, 4) is 11.5 Å². The molecule has 1 fully saturated rings. The van der Waals surface area contributed by atoms with E-state index in [0.717, 1.165) is 22.0 Å². The number of nitrogens with one attached hydrogen (secondary N) is 5. The first-order valence-corrected chi connectivity index (χ1v) is 11.2. The minimum Gasteiger partial charge on any atom is -0.369 e. The molecule has 36 heavy (non-hydrogen) atoms. The number of anilines is 1. The molecule has 2 amide bonds. The van der Waals surface area contributed by atoms with E-state index in [1.807, 2.05) is 54.6 Å². The summed E-state index contributed by atoms with van der Waals surface area (Å²) in [5.74, 6) is -0.376. The van der Waals surface area contributed by atoms with Gasteiger partial charge in [0.2, 0.25) is 11.9 Å². The van der Waals surface area contributed by atoms with E-state index >= 15 is 0 Å². The molecule has 11 nitrogen and oxygen atoms in total. The van der Waals surface area contributed by atoms with Crippen LogP contribution in [-0.2, 0) is 16.0 Å². The van der Waals surface area contributed by atoms with Crippen LogP contribution in [0.5, 0.6) is 0 Å². The van der Waals surface area contributed by atoms with Crippen LogP contribution in [0.4, 0.5) is 5.95 Å². The Morgan fingerprint density at radius 1 is 0.917 bits per heavy atom. The van der Waals surface area contributed by atoms with Gasteiger partial charge in [-0.3, -0.25) is 19.4 Å². The lowest BCUT2D eigenvalue weighted by Gasteiger charge is -2.25. The second-order valence-electron chi connectivity index (χ2n) is 8.45. The number of carbonyl (C=O) groups excluding carboxylic acids is 2. The highest BCUT2D eigenvalue weighted by Gasteiger charge is 2.32. The average Bonchev–Trinajstić information content (AvgIpc) is 3.45. The van der Waals surface area contributed by atoms with Crippen molar-refractivity contribution in [1.82, 2.24) is 35.6 Å². The Balaban J connectivity index is 1.37. The lowest BCUT2D eigenvalue weighted by atomic mass is 9.99. The SMILES string of the molecule is Nc1nc2nc(-c3[nH]c4ccccc4c3C[C@@H]3NC(=O)/C(=C/c4ccccc4)NC3=O)[nH]c2c(=O)[nH]1. The summed E-state index contributed by atoms with van der Waals surface area (Å²) in [5.41, 5.74) is 8.72. The summed E-state index contributed by atoms with van der Waals surface area (Å²) < 4.78 is 0. The van der Waals surface area contributed by atoms with Gasteiger partial charge in [-0.25, -0.2) is 4.98 Å². The van der Waals surface area contributed by atoms with Crippen LogP contribution in [0.2, 0.25) is 0 Å². The second kappa shape index (κ2) is 8.24. The normalized spacial score (nSPS) is 17.0. The number of hydrogen-bond acceptors (Lipinski definition) is 6. The molecule has 178 valence electrons. The van der Waals surface area contributed by atoms with Gasteiger partial charge in [0.15, 0.2) is 17.0 Å². The maximum Gasteiger partial charge on any atom is 0.278 e. The summed E-state index contributed by atoms with van der Waals surface area (Å²) >= 11 is 0. The number of amides is 2. The number of benzene rings is 2. The van der Waals surface area contributed by atoms with E-state index in [9.17, 15) is 14.4 Å². The summed E-state index contributed by atoms with van der Waals surface area (Å²) in [5, 5.41) is 6.40. The molecule has 0 radical (unpaired) electrons. The number of nitrogen functional groups attached to an aromatic ring is 1. The summed E-state index contributed by atoms with van der Waals surface area (Å²) in [7, 11) is 0. The number of hydrogen-bond donors (Lipinski definition) is 6. The minimum atomic E-state index is -0.815. The minimum absolute atomic E-state index is 0.0385. The van der Waals surface area contributed by atoms with Crippen molar-refractivity contribution in [1.29, 1.82) is 0 Å². The van der Waals surface area contributed by atoms with Crippen LogP contribution in [0.1, 0.15) is 11.1 Å². The molecule has 4 heterocycles. The Kier molecular flexibility index (Phi) is 4.88. The summed E-state index contributed by atoms with van der Waals surface area (Å²) in [6.07, 6.45) is 1.82. The third-order valence-electron chi connectivity index (χ3n) is 6.07. The molecule has 0 aliphatic carbocycles. The molecule has 7 N–H and O–H groups in total. The molecule has 1 aliphatic heterocycles. The van der Waals surface area contributed by atoms with Gasteiger partial charge in [-0.05, 0) is 23.3 Å². The van der Waals surface area contributed by atoms with E-state index in [4.69, 9.17) is 5.73 Å². The number of imidazole rings is 1. The third-order valence-corrected chi connectivity index (χ3v) is 6.07. The number of aromatic amines is 3. The van der Waals surface area contributed by atoms with Crippen LogP contribution < -0.4 is 21.9 Å². The van der Waals surface area contributed by atoms with Crippen LogP contribution in [0.15, 0.2) is 65.1 Å². The Bertz CT molecular complexity index is 1750. The number of carbonyl (C=O) groups is 2. The summed E-state index contributed by atoms with van der Waals surface area (Å²) in [4.78, 5) is 55.4. The fourth-order valence-electron chi connectivity index (χ4n) is 4.40. The number of aromatic nitrogens is 5. The molecule has 1 aliphatic rings. The van der Waals surface area contributed by atoms with Gasteiger partial charge in [-0.15, -0.1) is 0 Å². The molecule has 1 saturated heterocycles. The van der Waals surface area contributed by atoms with Crippen molar-refractivity contribution >= 4 is 45.9 Å². The molecule has 3 aromatic heterocycles. The molecule has 0 saturated carbocycles. The Morgan fingerprint density at radius 2 is 1.69 bits per heavy atom. The van der Waals surface area contributed by atoms with Gasteiger partial charge in [0.25, 0.3) is 11.5 Å². The van der Waals surface area contributed by atoms with Gasteiger partial charge in [0, 0.05) is 17.3 Å². The molecule has 0 unspecified atom stereocenters. The standard InChI is InChI=1S/C25H20N8O3/c26-25-32-21-19(24(36)33-25)30-20(31-21)18-14(13-8-4-5-9-15(13)27-18)11-17-23(35)28-16(22(34)29-17)10-12-6-2-1-3-7-12/h1-10,17,27H,11H2,(H,28,35)(H,29,34)(H4,26,30,31,32,33,36)/b16-10-/t17-/m0/s1. The van der Waals surface area contributed by atoms with Gasteiger partial charge >= 0.3 is 0 Å². The molecule has 1 atom stereocenters. The maximum atomic E-state index is 13.0. The fraction of sp³-hybridized carbons (Fsp3) is 0.0800. The maximum absolute atomic E-state index is 13.0. The highest BCUT2D eigenvalue weighted by atomic mass is 16.2. The zero-order valence-corrected chi connectivity index (χ0v) is 18.8. The topological polar surface area (TPSA) is 174 Å². The molecule has 0 spiro atoms. The third kappa shape index (κ3) is 3.68. The van der Waals surface area contributed by atoms with Gasteiger partial charge in [-0.1, -0.05) is 48.5 Å². The lowest BCUT2D eigenvalue weighted by molar-refractivity contribution is -0.131. The van der Waals surface area contributed by atoms with Crippen molar-refractivity contribution in [2.75, 3.05) is 5.73 Å². The average molecular weight is 480 g/mol. The molecule has 5 aromatic rings. The van der Waals surface area contributed by atoms with E-state index in [1.54, 1.807) is 6.08 Å². The van der Waals surface area contributed by atoms with Crippen LogP contribution in [0, 0.1) is 0 Å². The first-order chi connectivity index (χ1) is 17.5. The van der Waals surface area contributed by atoms with Gasteiger partial charge in [0.05, 0.1) is 5.69 Å². The van der Waals surface area contributed by atoms with Crippen LogP contribution in [0.3, 0.4) is 0 Å². The Labute approximate surface area is 202 Å². The van der Waals surface area contributed by atoms with Gasteiger partial charge in [0.1, 0.15) is 11.7 Å². The largest absolute Gasteiger partial charge is 0.369 e. The quantitative estimate of drug-likeness (QED) is 0.213. The van der Waals surface area contributed by atoms with Crippen molar-refractivity contribution in [2.24, 2.45) is 0 Å². The van der Waals surface area contributed by atoms with E-state index in [2.05, 4.69) is 35.6 Å². The smallest absolute Gasteiger partial charge is 0.278 e. The lowest BCUT2D eigenvalue weighted by Crippen LogP contribution is -2.55. The van der Waals surface area contributed by atoms with Crippen molar-refractivity contribution < 1.29 is 9.59 Å². The predicted octanol–water partition coefficient (Wildman–Crippen LogP) is 1.57. The molecule has 2 aromatic carbocycles. The number of fused-ring (bicyclic) bond motifs is 2. The zero-order chi connectivity index (χ0) is 24.8. The van der Waals surface area contributed by atoms with Crippen LogP contribution >= 0.6 is 0 Å². The zero-order valence-electron chi connectivity index (χ0n) is 18.8. The van der Waals surface area contributed by atoms with E-state index in [0.29, 0.717) is 11.5 Å². The number of para-hydroxylation sites is 1. The molecule has 6 rings (SSSR count). The van der Waals surface area contributed by atoms with E-state index in [1.165, 1.54) is 0 Å². The van der Waals surface area contributed by atoms with Crippen molar-refractivity contribution in [3.05, 3.63) is 81.8 Å². The first-order valence-electron chi connectivity index (χ1n) is 11.2. The molecular formula is C25H20N8O3. The van der Waals surface area contributed by atoms with Crippen molar-refractivity contribution in [3.63, 3.8) is 0 Å². The number of piperazine rings is 1. The number of H-pyrrole nitrogens is 3. The number of nitrogens with zero attached hydrogens (tertiary/aromatic N) is 2. The predicted molar refractivity (Wildman–Crippen MR) is 134 cm³/mol. The van der Waals surface area contributed by atoms with E-state index < -0.39 is 11.6 Å². The molecule has 0 bridgehead atoms. The van der Waals surface area contributed by atoms with Gasteiger partial charge < -0.3 is 26.3 Å². The second-order valence-corrected chi connectivity index (χ2v) is 8.45. The highest BCUT2D eigenvalue weighted by molar-refractivity contribution is 6.07. The summed E-state index contributed by atoms with van der Waals surface area (Å²) in [6.45, 7) is 0. The Morgan fingerprint density at radius 3 is 2.53 bits per heavy atom. The van der Waals surface area contributed by atoms with E-state index in [-0.39, 0.29) is 41.0 Å². The fourth-order valence-corrected chi connectivity index (χ4v) is 4.40. The highest BCUT2D eigenvalue weighted by Crippen LogP contribution is 2.31.